The second-order valence-electron chi connectivity index (χ2n) is 3.20. The highest BCUT2D eigenvalue weighted by molar-refractivity contribution is 9.10. The lowest BCUT2D eigenvalue weighted by atomic mass is 10.1. The van der Waals surface area contributed by atoms with Crippen LogP contribution in [0.4, 0.5) is 5.69 Å². The maximum atomic E-state index is 11.5. The number of halogens is 4. The average molecular weight is 359 g/mol. The van der Waals surface area contributed by atoms with Gasteiger partial charge in [0.2, 0.25) is 0 Å². The number of amides is 1. The van der Waals surface area contributed by atoms with Gasteiger partial charge in [0.05, 0.1) is 5.69 Å². The first-order valence-corrected chi connectivity index (χ1v) is 6.33. The van der Waals surface area contributed by atoms with E-state index in [-0.39, 0.29) is 5.78 Å². The summed E-state index contributed by atoms with van der Waals surface area (Å²) >= 11 is 19.5. The largest absolute Gasteiger partial charge is 0.322 e. The van der Waals surface area contributed by atoms with Gasteiger partial charge >= 0.3 is 0 Å². The molecule has 1 amide bonds. The molecule has 3 nitrogen and oxygen atoms in total. The summed E-state index contributed by atoms with van der Waals surface area (Å²) in [7, 11) is 0. The summed E-state index contributed by atoms with van der Waals surface area (Å²) in [4.78, 5) is 22.8. The van der Waals surface area contributed by atoms with E-state index in [0.717, 1.165) is 4.47 Å². The molecule has 0 unspecified atom stereocenters. The minimum Gasteiger partial charge on any atom is -0.322 e. The number of Topliss-reactive ketones (excluding diaryl/α,β-unsaturated/α-hetero) is 1. The van der Waals surface area contributed by atoms with Crippen molar-refractivity contribution < 1.29 is 9.59 Å². The van der Waals surface area contributed by atoms with Crippen LogP contribution in [0.25, 0.3) is 0 Å². The van der Waals surface area contributed by atoms with Crippen molar-refractivity contribution in [2.24, 2.45) is 0 Å². The third-order valence-corrected chi connectivity index (χ3v) is 2.87. The Bertz CT molecular complexity index is 471. The Balaban J connectivity index is 3.07. The molecule has 0 fully saturated rings. The van der Waals surface area contributed by atoms with Crippen LogP contribution in [0.2, 0.25) is 0 Å². The van der Waals surface area contributed by atoms with E-state index in [9.17, 15) is 9.59 Å². The molecule has 1 N–H and O–H groups in total. The van der Waals surface area contributed by atoms with Crippen LogP contribution in [-0.2, 0) is 4.79 Å². The highest BCUT2D eigenvalue weighted by Gasteiger charge is 2.31. The minimum atomic E-state index is -2.07. The molecule has 0 heterocycles. The average Bonchev–Trinajstić information content (AvgIpc) is 2.18. The summed E-state index contributed by atoms with van der Waals surface area (Å²) in [6, 6.07) is 4.80. The maximum absolute atomic E-state index is 11.5. The molecule has 0 radical (unpaired) electrons. The highest BCUT2D eigenvalue weighted by Crippen LogP contribution is 2.29. The van der Waals surface area contributed by atoms with Gasteiger partial charge < -0.3 is 5.32 Å². The lowest BCUT2D eigenvalue weighted by Crippen LogP contribution is -2.27. The number of ketones is 1. The first-order chi connectivity index (χ1) is 7.71. The van der Waals surface area contributed by atoms with Crippen LogP contribution in [0.1, 0.15) is 17.3 Å². The van der Waals surface area contributed by atoms with Crippen molar-refractivity contribution >= 4 is 68.1 Å². The summed E-state index contributed by atoms with van der Waals surface area (Å²) < 4.78 is -1.35. The molecule has 7 heteroatoms. The quantitative estimate of drug-likeness (QED) is 0.642. The van der Waals surface area contributed by atoms with Gasteiger partial charge in [-0.25, -0.2) is 0 Å². The Morgan fingerprint density at radius 1 is 1.29 bits per heavy atom. The molecular weight excluding hydrogens is 352 g/mol. The van der Waals surface area contributed by atoms with E-state index in [1.54, 1.807) is 18.2 Å². The van der Waals surface area contributed by atoms with Crippen molar-refractivity contribution in [1.82, 2.24) is 0 Å². The molecule has 0 aliphatic heterocycles. The number of hydrogen-bond donors (Lipinski definition) is 1. The Hall–Kier alpha value is -0.290. The summed E-state index contributed by atoms with van der Waals surface area (Å²) in [6.45, 7) is 1.38. The Morgan fingerprint density at radius 3 is 2.35 bits per heavy atom. The maximum Gasteiger partial charge on any atom is 0.276 e. The zero-order chi connectivity index (χ0) is 13.2. The Morgan fingerprint density at radius 2 is 1.88 bits per heavy atom. The van der Waals surface area contributed by atoms with Crippen LogP contribution in [0.5, 0.6) is 0 Å². The predicted molar refractivity (Wildman–Crippen MR) is 73.1 cm³/mol. The van der Waals surface area contributed by atoms with Crippen LogP contribution in [-0.4, -0.2) is 15.5 Å². The van der Waals surface area contributed by atoms with Gasteiger partial charge in [0.15, 0.2) is 5.78 Å². The smallest absolute Gasteiger partial charge is 0.276 e. The van der Waals surface area contributed by atoms with Crippen LogP contribution in [0.3, 0.4) is 0 Å². The van der Waals surface area contributed by atoms with E-state index >= 15 is 0 Å². The second kappa shape index (κ2) is 5.57. The lowest BCUT2D eigenvalue weighted by molar-refractivity contribution is -0.115. The molecule has 0 spiro atoms. The molecular formula is C10H7BrCl3NO2. The zero-order valence-electron chi connectivity index (χ0n) is 8.56. The van der Waals surface area contributed by atoms with E-state index < -0.39 is 9.70 Å². The third kappa shape index (κ3) is 4.14. The van der Waals surface area contributed by atoms with Crippen molar-refractivity contribution in [2.45, 2.75) is 10.7 Å². The number of carbonyl (C=O) groups is 2. The predicted octanol–water partition coefficient (Wildman–Crippen LogP) is 3.96. The molecule has 0 saturated carbocycles. The van der Waals surface area contributed by atoms with Gasteiger partial charge in [-0.05, 0) is 25.1 Å². The summed E-state index contributed by atoms with van der Waals surface area (Å²) in [5, 5.41) is 2.38. The van der Waals surface area contributed by atoms with Crippen LogP contribution in [0, 0.1) is 0 Å². The van der Waals surface area contributed by atoms with Gasteiger partial charge in [0, 0.05) is 10.0 Å². The number of hydrogen-bond acceptors (Lipinski definition) is 2. The number of alkyl halides is 3. The zero-order valence-corrected chi connectivity index (χ0v) is 12.4. The van der Waals surface area contributed by atoms with Crippen LogP contribution in [0.15, 0.2) is 22.7 Å². The Labute approximate surface area is 122 Å². The summed E-state index contributed by atoms with van der Waals surface area (Å²) in [5.74, 6) is -1.02. The van der Waals surface area contributed by atoms with E-state index in [0.29, 0.717) is 11.3 Å². The van der Waals surface area contributed by atoms with Crippen LogP contribution < -0.4 is 5.32 Å². The fourth-order valence-corrected chi connectivity index (χ4v) is 1.61. The highest BCUT2D eigenvalue weighted by atomic mass is 79.9. The normalized spacial score (nSPS) is 11.1. The molecule has 0 aromatic heterocycles. The summed E-state index contributed by atoms with van der Waals surface area (Å²) in [6.07, 6.45) is 0. The van der Waals surface area contributed by atoms with E-state index in [2.05, 4.69) is 21.2 Å². The van der Waals surface area contributed by atoms with Crippen LogP contribution >= 0.6 is 50.7 Å². The molecule has 0 saturated heterocycles. The van der Waals surface area contributed by atoms with Crippen molar-refractivity contribution in [3.05, 3.63) is 28.2 Å². The second-order valence-corrected chi connectivity index (χ2v) is 6.39. The molecule has 0 atom stereocenters. The monoisotopic (exact) mass is 357 g/mol. The number of benzene rings is 1. The third-order valence-electron chi connectivity index (χ3n) is 1.87. The van der Waals surface area contributed by atoms with Gasteiger partial charge in [0.1, 0.15) is 0 Å². The van der Waals surface area contributed by atoms with E-state index in [1.807, 2.05) is 0 Å². The summed E-state index contributed by atoms with van der Waals surface area (Å²) in [5.41, 5.74) is 0.638. The molecule has 1 aromatic carbocycles. The SMILES string of the molecule is CC(=O)c1cc(Br)ccc1NC(=O)C(Cl)(Cl)Cl. The van der Waals surface area contributed by atoms with E-state index in [4.69, 9.17) is 34.8 Å². The lowest BCUT2D eigenvalue weighted by Gasteiger charge is -2.13. The molecule has 1 aromatic rings. The minimum absolute atomic E-state index is 0.203. The van der Waals surface area contributed by atoms with Crippen molar-refractivity contribution in [1.29, 1.82) is 0 Å². The molecule has 0 aliphatic rings. The number of nitrogens with one attached hydrogen (secondary N) is 1. The molecule has 17 heavy (non-hydrogen) atoms. The molecule has 0 aliphatic carbocycles. The Kier molecular flexibility index (Phi) is 4.84. The number of carbonyl (C=O) groups excluding carboxylic acids is 2. The van der Waals surface area contributed by atoms with Gasteiger partial charge in [-0.3, -0.25) is 9.59 Å². The van der Waals surface area contributed by atoms with Gasteiger partial charge in [-0.15, -0.1) is 0 Å². The standard InChI is InChI=1S/C10H7BrCl3NO2/c1-5(16)7-4-6(11)2-3-8(7)15-9(17)10(12,13)14/h2-4H,1H3,(H,15,17). The van der Waals surface area contributed by atoms with Crippen molar-refractivity contribution in [3.8, 4) is 0 Å². The first kappa shape index (κ1) is 14.8. The van der Waals surface area contributed by atoms with Crippen molar-refractivity contribution in [3.63, 3.8) is 0 Å². The fourth-order valence-electron chi connectivity index (χ4n) is 1.11. The number of rotatable bonds is 2. The fraction of sp³-hybridized carbons (Fsp3) is 0.200. The first-order valence-electron chi connectivity index (χ1n) is 4.40. The van der Waals surface area contributed by atoms with Crippen molar-refractivity contribution in [2.75, 3.05) is 5.32 Å². The topological polar surface area (TPSA) is 46.2 Å². The number of anilines is 1. The van der Waals surface area contributed by atoms with Gasteiger partial charge in [-0.1, -0.05) is 50.7 Å². The van der Waals surface area contributed by atoms with E-state index in [1.165, 1.54) is 6.92 Å². The molecule has 0 bridgehead atoms. The van der Waals surface area contributed by atoms with Gasteiger partial charge in [-0.2, -0.15) is 0 Å². The molecule has 1 rings (SSSR count). The van der Waals surface area contributed by atoms with Gasteiger partial charge in [0.25, 0.3) is 9.70 Å². The molecule has 92 valence electrons.